The highest BCUT2D eigenvalue weighted by atomic mass is 32.2. The van der Waals surface area contributed by atoms with E-state index in [9.17, 15) is 18.8 Å². The molecule has 0 spiro atoms. The van der Waals surface area contributed by atoms with E-state index in [0.717, 1.165) is 5.56 Å². The van der Waals surface area contributed by atoms with Gasteiger partial charge in [-0.3, -0.25) is 9.59 Å². The highest BCUT2D eigenvalue weighted by Crippen LogP contribution is 2.24. The first-order valence-corrected chi connectivity index (χ1v) is 11.4. The van der Waals surface area contributed by atoms with Crippen molar-refractivity contribution >= 4 is 35.1 Å². The molecule has 1 amide bonds. The Labute approximate surface area is 196 Å². The number of anilines is 1. The second kappa shape index (κ2) is 11.4. The van der Waals surface area contributed by atoms with Gasteiger partial charge in [0.2, 0.25) is 5.91 Å². The molecule has 3 rings (SSSR count). The number of halogens is 1. The van der Waals surface area contributed by atoms with Gasteiger partial charge in [-0.15, -0.1) is 11.8 Å². The molecule has 1 N–H and O–H groups in total. The van der Waals surface area contributed by atoms with Gasteiger partial charge >= 0.3 is 5.97 Å². The van der Waals surface area contributed by atoms with Crippen molar-refractivity contribution in [2.24, 2.45) is 0 Å². The quantitative estimate of drug-likeness (QED) is 0.249. The summed E-state index contributed by atoms with van der Waals surface area (Å²) in [5.74, 6) is -1.20. The van der Waals surface area contributed by atoms with Crippen LogP contribution in [-0.4, -0.2) is 30.0 Å². The van der Waals surface area contributed by atoms with Crippen LogP contribution < -0.4 is 5.32 Å². The summed E-state index contributed by atoms with van der Waals surface area (Å²) in [6.07, 6.45) is 0. The number of Topliss-reactive ketones (excluding diaryl/α,β-unsaturated/α-hetero) is 1. The summed E-state index contributed by atoms with van der Waals surface area (Å²) >= 11 is 1.17. The van der Waals surface area contributed by atoms with Gasteiger partial charge in [0, 0.05) is 16.1 Å². The number of benzene rings is 3. The van der Waals surface area contributed by atoms with Crippen molar-refractivity contribution in [2.45, 2.75) is 24.7 Å². The molecule has 0 atom stereocenters. The predicted molar refractivity (Wildman–Crippen MR) is 127 cm³/mol. The van der Waals surface area contributed by atoms with Crippen LogP contribution in [-0.2, 0) is 9.53 Å². The lowest BCUT2D eigenvalue weighted by atomic mass is 10.0. The SMILES string of the molecule is CC(C)c1ccc(C(=O)COC(=O)c2ccccc2SCC(=O)Nc2ccc(F)cc2)cc1. The minimum atomic E-state index is -0.635. The van der Waals surface area contributed by atoms with E-state index in [1.54, 1.807) is 36.4 Å². The third-order valence-electron chi connectivity index (χ3n) is 4.83. The molecular formula is C26H24FNO4S. The first-order valence-electron chi connectivity index (χ1n) is 10.4. The minimum Gasteiger partial charge on any atom is -0.454 e. The van der Waals surface area contributed by atoms with E-state index < -0.39 is 5.97 Å². The number of carbonyl (C=O) groups excluding carboxylic acids is 3. The van der Waals surface area contributed by atoms with Gasteiger partial charge in [0.25, 0.3) is 0 Å². The van der Waals surface area contributed by atoms with Crippen molar-refractivity contribution < 1.29 is 23.5 Å². The molecular weight excluding hydrogens is 441 g/mol. The molecule has 0 fully saturated rings. The monoisotopic (exact) mass is 465 g/mol. The molecule has 0 radical (unpaired) electrons. The molecule has 0 heterocycles. The van der Waals surface area contributed by atoms with Gasteiger partial charge in [0.1, 0.15) is 5.82 Å². The summed E-state index contributed by atoms with van der Waals surface area (Å²) in [5, 5.41) is 2.67. The Morgan fingerprint density at radius 2 is 1.61 bits per heavy atom. The van der Waals surface area contributed by atoms with Crippen LogP contribution in [0.4, 0.5) is 10.1 Å². The maximum Gasteiger partial charge on any atom is 0.339 e. The zero-order valence-electron chi connectivity index (χ0n) is 18.3. The second-order valence-electron chi connectivity index (χ2n) is 7.62. The van der Waals surface area contributed by atoms with Crippen molar-refractivity contribution in [1.82, 2.24) is 0 Å². The molecule has 5 nitrogen and oxygen atoms in total. The van der Waals surface area contributed by atoms with Gasteiger partial charge in [-0.2, -0.15) is 0 Å². The van der Waals surface area contributed by atoms with E-state index in [1.807, 2.05) is 12.1 Å². The Kier molecular flexibility index (Phi) is 8.38. The second-order valence-corrected chi connectivity index (χ2v) is 8.63. The molecule has 0 bridgehead atoms. The molecule has 33 heavy (non-hydrogen) atoms. The van der Waals surface area contributed by atoms with Crippen LogP contribution in [0.1, 0.15) is 46.0 Å². The van der Waals surface area contributed by atoms with Crippen molar-refractivity contribution in [3.63, 3.8) is 0 Å². The van der Waals surface area contributed by atoms with Crippen LogP contribution in [0, 0.1) is 5.82 Å². The summed E-state index contributed by atoms with van der Waals surface area (Å²) in [6, 6.07) is 19.4. The van der Waals surface area contributed by atoms with Crippen LogP contribution in [0.15, 0.2) is 77.7 Å². The minimum absolute atomic E-state index is 0.0444. The summed E-state index contributed by atoms with van der Waals surface area (Å²) < 4.78 is 18.2. The number of ether oxygens (including phenoxy) is 1. The third-order valence-corrected chi connectivity index (χ3v) is 5.90. The Bertz CT molecular complexity index is 1130. The number of ketones is 1. The van der Waals surface area contributed by atoms with Crippen molar-refractivity contribution in [2.75, 3.05) is 17.7 Å². The number of carbonyl (C=O) groups is 3. The van der Waals surface area contributed by atoms with E-state index in [0.29, 0.717) is 22.1 Å². The number of hydrogen-bond donors (Lipinski definition) is 1. The summed E-state index contributed by atoms with van der Waals surface area (Å²) in [7, 11) is 0. The zero-order valence-corrected chi connectivity index (χ0v) is 19.2. The number of thioether (sulfide) groups is 1. The predicted octanol–water partition coefficient (Wildman–Crippen LogP) is 5.72. The van der Waals surface area contributed by atoms with E-state index >= 15 is 0 Å². The number of nitrogens with one attached hydrogen (secondary N) is 1. The Balaban J connectivity index is 1.56. The Morgan fingerprint density at radius 3 is 2.27 bits per heavy atom. The van der Waals surface area contributed by atoms with Gasteiger partial charge in [-0.25, -0.2) is 9.18 Å². The molecule has 7 heteroatoms. The lowest BCUT2D eigenvalue weighted by Crippen LogP contribution is -2.16. The van der Waals surface area contributed by atoms with E-state index in [-0.39, 0.29) is 35.4 Å². The number of amides is 1. The van der Waals surface area contributed by atoms with Crippen molar-refractivity contribution in [3.8, 4) is 0 Å². The summed E-state index contributed by atoms with van der Waals surface area (Å²) in [5.41, 5.74) is 2.36. The fourth-order valence-electron chi connectivity index (χ4n) is 2.98. The number of rotatable bonds is 9. The first-order chi connectivity index (χ1) is 15.8. The van der Waals surface area contributed by atoms with Crippen LogP contribution in [0.5, 0.6) is 0 Å². The average Bonchev–Trinajstić information content (AvgIpc) is 2.82. The number of hydrogen-bond acceptors (Lipinski definition) is 5. The van der Waals surface area contributed by atoms with E-state index in [1.165, 1.54) is 36.0 Å². The van der Waals surface area contributed by atoms with Crippen LogP contribution in [0.3, 0.4) is 0 Å². The average molecular weight is 466 g/mol. The largest absolute Gasteiger partial charge is 0.454 e. The lowest BCUT2D eigenvalue weighted by Gasteiger charge is -2.10. The topological polar surface area (TPSA) is 72.5 Å². The van der Waals surface area contributed by atoms with Gasteiger partial charge in [-0.1, -0.05) is 50.2 Å². The Hall–Kier alpha value is -3.45. The van der Waals surface area contributed by atoms with Crippen LogP contribution >= 0.6 is 11.8 Å². The van der Waals surface area contributed by atoms with Gasteiger partial charge in [0.05, 0.1) is 11.3 Å². The smallest absolute Gasteiger partial charge is 0.339 e. The van der Waals surface area contributed by atoms with Crippen LogP contribution in [0.2, 0.25) is 0 Å². The summed E-state index contributed by atoms with van der Waals surface area (Å²) in [6.45, 7) is 3.77. The first kappa shape index (κ1) is 24.2. The molecule has 0 aliphatic rings. The van der Waals surface area contributed by atoms with E-state index in [4.69, 9.17) is 4.74 Å². The highest BCUT2D eigenvalue weighted by Gasteiger charge is 2.16. The summed E-state index contributed by atoms with van der Waals surface area (Å²) in [4.78, 5) is 37.7. The molecule has 170 valence electrons. The molecule has 3 aromatic rings. The molecule has 3 aromatic carbocycles. The molecule has 0 aliphatic carbocycles. The molecule has 0 unspecified atom stereocenters. The maximum atomic E-state index is 13.0. The van der Waals surface area contributed by atoms with Gasteiger partial charge < -0.3 is 10.1 Å². The van der Waals surface area contributed by atoms with Gasteiger partial charge in [-0.05, 0) is 47.9 Å². The molecule has 0 aliphatic heterocycles. The Morgan fingerprint density at radius 1 is 0.939 bits per heavy atom. The van der Waals surface area contributed by atoms with Crippen molar-refractivity contribution in [1.29, 1.82) is 0 Å². The normalized spacial score (nSPS) is 10.7. The molecule has 0 saturated heterocycles. The van der Waals surface area contributed by atoms with Crippen LogP contribution in [0.25, 0.3) is 0 Å². The fourth-order valence-corrected chi connectivity index (χ4v) is 3.82. The number of esters is 1. The van der Waals surface area contributed by atoms with Gasteiger partial charge in [0.15, 0.2) is 12.4 Å². The third kappa shape index (κ3) is 7.02. The standard InChI is InChI=1S/C26H24FNO4S/c1-17(2)18-7-9-19(10-8-18)23(29)15-32-26(31)22-5-3-4-6-24(22)33-16-25(30)28-21-13-11-20(27)12-14-21/h3-14,17H,15-16H2,1-2H3,(H,28,30). The van der Waals surface area contributed by atoms with E-state index in [2.05, 4.69) is 19.2 Å². The van der Waals surface area contributed by atoms with Crippen molar-refractivity contribution in [3.05, 3.63) is 95.3 Å². The molecule has 0 aromatic heterocycles. The maximum absolute atomic E-state index is 13.0. The highest BCUT2D eigenvalue weighted by molar-refractivity contribution is 8.00. The zero-order chi connectivity index (χ0) is 23.8. The molecule has 0 saturated carbocycles. The fraction of sp³-hybridized carbons (Fsp3) is 0.192. The lowest BCUT2D eigenvalue weighted by molar-refractivity contribution is -0.113.